The summed E-state index contributed by atoms with van der Waals surface area (Å²) in [6, 6.07) is 14.9. The number of amides is 2. The van der Waals surface area contributed by atoms with Gasteiger partial charge in [-0.3, -0.25) is 9.59 Å². The van der Waals surface area contributed by atoms with Crippen molar-refractivity contribution in [2.45, 2.75) is 17.4 Å². The molecule has 0 aromatic heterocycles. The van der Waals surface area contributed by atoms with Gasteiger partial charge in [0.15, 0.2) is 5.60 Å². The SMILES string of the molecule is NC(=O)C(F)(F)C1(O)CN(C(=O)C2c3ccccc3-c3ccccc32)C1. The highest BCUT2D eigenvalue weighted by Crippen LogP contribution is 2.47. The van der Waals surface area contributed by atoms with Gasteiger partial charge in [-0.05, 0) is 22.3 Å². The van der Waals surface area contributed by atoms with Crippen molar-refractivity contribution in [1.29, 1.82) is 0 Å². The van der Waals surface area contributed by atoms with Crippen molar-refractivity contribution in [2.24, 2.45) is 5.73 Å². The molecular formula is C19H16F2N2O3. The predicted molar refractivity (Wildman–Crippen MR) is 89.4 cm³/mol. The number of carbonyl (C=O) groups is 2. The van der Waals surface area contributed by atoms with E-state index in [0.717, 1.165) is 27.2 Å². The minimum atomic E-state index is -4.09. The predicted octanol–water partition coefficient (Wildman–Crippen LogP) is 1.49. The molecule has 5 nitrogen and oxygen atoms in total. The fraction of sp³-hybridized carbons (Fsp3) is 0.263. The first-order chi connectivity index (χ1) is 12.3. The third kappa shape index (κ3) is 2.10. The van der Waals surface area contributed by atoms with Gasteiger partial charge >= 0.3 is 5.92 Å². The van der Waals surface area contributed by atoms with E-state index in [2.05, 4.69) is 5.73 Å². The summed E-state index contributed by atoms with van der Waals surface area (Å²) in [5, 5.41) is 10.0. The fourth-order valence-corrected chi connectivity index (χ4v) is 3.77. The summed E-state index contributed by atoms with van der Waals surface area (Å²) in [6.45, 7) is -1.27. The number of carbonyl (C=O) groups excluding carboxylic acids is 2. The van der Waals surface area contributed by atoms with Crippen LogP contribution in [-0.2, 0) is 9.59 Å². The Kier molecular flexibility index (Phi) is 3.43. The first kappa shape index (κ1) is 16.7. The molecule has 0 spiro atoms. The van der Waals surface area contributed by atoms with Crippen molar-refractivity contribution in [3.8, 4) is 11.1 Å². The largest absolute Gasteiger partial charge is 0.379 e. The minimum absolute atomic E-state index is 0.382. The number of likely N-dealkylation sites (tertiary alicyclic amines) is 1. The Morgan fingerprint density at radius 1 is 1.04 bits per heavy atom. The Balaban J connectivity index is 1.64. The van der Waals surface area contributed by atoms with Crippen LogP contribution in [0.3, 0.4) is 0 Å². The molecule has 134 valence electrons. The van der Waals surface area contributed by atoms with Gasteiger partial charge in [0.2, 0.25) is 5.91 Å². The lowest BCUT2D eigenvalue weighted by molar-refractivity contribution is -0.232. The molecule has 2 aromatic carbocycles. The summed E-state index contributed by atoms with van der Waals surface area (Å²) in [5.41, 5.74) is 5.53. The number of benzene rings is 2. The summed E-state index contributed by atoms with van der Waals surface area (Å²) < 4.78 is 27.6. The number of aliphatic hydroxyl groups is 1. The summed E-state index contributed by atoms with van der Waals surface area (Å²) >= 11 is 0. The van der Waals surface area contributed by atoms with Gasteiger partial charge in [-0.2, -0.15) is 8.78 Å². The van der Waals surface area contributed by atoms with Crippen LogP contribution in [0.4, 0.5) is 8.78 Å². The number of fused-ring (bicyclic) bond motifs is 3. The number of hydrogen-bond donors (Lipinski definition) is 2. The smallest absolute Gasteiger partial charge is 0.355 e. The zero-order valence-electron chi connectivity index (χ0n) is 13.7. The Hall–Kier alpha value is -2.80. The molecule has 1 aliphatic carbocycles. The van der Waals surface area contributed by atoms with Crippen molar-refractivity contribution in [3.05, 3.63) is 59.7 Å². The average molecular weight is 358 g/mol. The molecule has 1 heterocycles. The van der Waals surface area contributed by atoms with Crippen LogP contribution in [0, 0.1) is 0 Å². The van der Waals surface area contributed by atoms with Crippen LogP contribution in [0.5, 0.6) is 0 Å². The molecule has 1 aliphatic heterocycles. The molecule has 2 amide bonds. The van der Waals surface area contributed by atoms with E-state index < -0.39 is 36.4 Å². The van der Waals surface area contributed by atoms with Crippen molar-refractivity contribution in [2.75, 3.05) is 13.1 Å². The van der Waals surface area contributed by atoms with E-state index in [0.29, 0.717) is 0 Å². The summed E-state index contributed by atoms with van der Waals surface area (Å²) in [7, 11) is 0. The fourth-order valence-electron chi connectivity index (χ4n) is 3.77. The van der Waals surface area contributed by atoms with Crippen molar-refractivity contribution in [3.63, 3.8) is 0 Å². The lowest BCUT2D eigenvalue weighted by Gasteiger charge is -2.49. The number of nitrogens with two attached hydrogens (primary N) is 1. The second-order valence-electron chi connectivity index (χ2n) is 6.77. The second kappa shape index (κ2) is 5.35. The molecule has 4 rings (SSSR count). The third-order valence-corrected chi connectivity index (χ3v) is 5.19. The average Bonchev–Trinajstić information content (AvgIpc) is 2.92. The van der Waals surface area contributed by atoms with Crippen LogP contribution in [0.25, 0.3) is 11.1 Å². The Morgan fingerprint density at radius 3 is 1.96 bits per heavy atom. The van der Waals surface area contributed by atoms with Gasteiger partial charge in [0.05, 0.1) is 19.0 Å². The standard InChI is InChI=1S/C19H16F2N2O3/c20-19(21,17(22)25)18(26)9-23(10-18)16(24)15-13-7-3-1-5-11(13)12-6-2-4-8-14(12)15/h1-8,15,26H,9-10H2,(H2,22,25). The number of β-amino-alcohol motifs (C(OH)–C–C–N with tert-alkyl or cyclic N) is 1. The van der Waals surface area contributed by atoms with E-state index >= 15 is 0 Å². The van der Waals surface area contributed by atoms with Crippen molar-refractivity contribution in [1.82, 2.24) is 4.90 Å². The van der Waals surface area contributed by atoms with Crippen LogP contribution >= 0.6 is 0 Å². The molecule has 26 heavy (non-hydrogen) atoms. The van der Waals surface area contributed by atoms with Gasteiger partial charge in [0, 0.05) is 0 Å². The maximum atomic E-state index is 13.8. The molecule has 1 fully saturated rings. The highest BCUT2D eigenvalue weighted by molar-refractivity contribution is 5.97. The Morgan fingerprint density at radius 2 is 1.50 bits per heavy atom. The lowest BCUT2D eigenvalue weighted by atomic mass is 9.84. The first-order valence-electron chi connectivity index (χ1n) is 8.13. The maximum Gasteiger partial charge on any atom is 0.355 e. The third-order valence-electron chi connectivity index (χ3n) is 5.19. The molecule has 0 atom stereocenters. The maximum absolute atomic E-state index is 13.8. The van der Waals surface area contributed by atoms with Crippen molar-refractivity contribution >= 4 is 11.8 Å². The summed E-state index contributed by atoms with van der Waals surface area (Å²) in [6.07, 6.45) is 0. The van der Waals surface area contributed by atoms with Crippen LogP contribution < -0.4 is 5.73 Å². The number of alkyl halides is 2. The topological polar surface area (TPSA) is 83.6 Å². The van der Waals surface area contributed by atoms with E-state index in [1.807, 2.05) is 48.5 Å². The Labute approximate surface area is 148 Å². The number of halogens is 2. The lowest BCUT2D eigenvalue weighted by Crippen LogP contribution is -2.74. The molecule has 2 aliphatic rings. The van der Waals surface area contributed by atoms with Gasteiger partial charge in [0.25, 0.3) is 5.91 Å². The highest BCUT2D eigenvalue weighted by Gasteiger charge is 2.65. The van der Waals surface area contributed by atoms with Gasteiger partial charge in [0.1, 0.15) is 0 Å². The zero-order chi connectivity index (χ0) is 18.7. The summed E-state index contributed by atoms with van der Waals surface area (Å²) in [5.74, 6) is -6.99. The number of primary amides is 1. The van der Waals surface area contributed by atoms with E-state index in [4.69, 9.17) is 0 Å². The Bertz CT molecular complexity index is 877. The highest BCUT2D eigenvalue weighted by atomic mass is 19.3. The van der Waals surface area contributed by atoms with E-state index in [1.54, 1.807) is 0 Å². The monoisotopic (exact) mass is 358 g/mol. The van der Waals surface area contributed by atoms with Gasteiger partial charge < -0.3 is 15.7 Å². The van der Waals surface area contributed by atoms with Crippen LogP contribution in [0.2, 0.25) is 0 Å². The van der Waals surface area contributed by atoms with Crippen LogP contribution in [-0.4, -0.2) is 46.4 Å². The first-order valence-corrected chi connectivity index (χ1v) is 8.13. The molecule has 0 unspecified atom stereocenters. The van der Waals surface area contributed by atoms with E-state index in [-0.39, 0.29) is 5.91 Å². The molecule has 0 saturated carbocycles. The molecule has 3 N–H and O–H groups in total. The van der Waals surface area contributed by atoms with Gasteiger partial charge in [-0.15, -0.1) is 0 Å². The van der Waals surface area contributed by atoms with E-state index in [1.165, 1.54) is 0 Å². The molecule has 1 saturated heterocycles. The second-order valence-corrected chi connectivity index (χ2v) is 6.77. The van der Waals surface area contributed by atoms with Gasteiger partial charge in [-0.25, -0.2) is 0 Å². The molecule has 7 heteroatoms. The van der Waals surface area contributed by atoms with E-state index in [9.17, 15) is 23.5 Å². The normalized spacial score (nSPS) is 18.0. The quantitative estimate of drug-likeness (QED) is 0.872. The molecular weight excluding hydrogens is 342 g/mol. The number of hydrogen-bond acceptors (Lipinski definition) is 3. The number of nitrogens with zero attached hydrogens (tertiary/aromatic N) is 1. The zero-order valence-corrected chi connectivity index (χ0v) is 13.7. The summed E-state index contributed by atoms with van der Waals surface area (Å²) in [4.78, 5) is 25.1. The van der Waals surface area contributed by atoms with Gasteiger partial charge in [-0.1, -0.05) is 48.5 Å². The molecule has 0 bridgehead atoms. The number of rotatable bonds is 3. The minimum Gasteiger partial charge on any atom is -0.379 e. The molecule has 2 aromatic rings. The molecule has 0 radical (unpaired) electrons. The van der Waals surface area contributed by atoms with Crippen LogP contribution in [0.1, 0.15) is 17.0 Å². The van der Waals surface area contributed by atoms with Crippen LogP contribution in [0.15, 0.2) is 48.5 Å². The van der Waals surface area contributed by atoms with Crippen molar-refractivity contribution < 1.29 is 23.5 Å².